The van der Waals surface area contributed by atoms with Crippen molar-refractivity contribution in [3.63, 3.8) is 0 Å². The number of hydrogen-bond acceptors (Lipinski definition) is 4. The van der Waals surface area contributed by atoms with Crippen LogP contribution in [0.5, 0.6) is 0 Å². The molecule has 0 saturated heterocycles. The molecule has 0 fully saturated rings. The summed E-state index contributed by atoms with van der Waals surface area (Å²) in [6.45, 7) is 1.67. The summed E-state index contributed by atoms with van der Waals surface area (Å²) in [5.74, 6) is 0.747. The highest BCUT2D eigenvalue weighted by molar-refractivity contribution is 5.77. The second-order valence-corrected chi connectivity index (χ2v) is 5.48. The molecule has 0 radical (unpaired) electrons. The van der Waals surface area contributed by atoms with Gasteiger partial charge in [0.2, 0.25) is 0 Å². The number of rotatable bonds is 8. The number of aromatic nitrogens is 2. The molecule has 2 aromatic heterocycles. The maximum absolute atomic E-state index is 12.4. The van der Waals surface area contributed by atoms with Crippen molar-refractivity contribution in [1.82, 2.24) is 15.3 Å². The van der Waals surface area contributed by atoms with E-state index >= 15 is 0 Å². The van der Waals surface area contributed by atoms with Gasteiger partial charge in [0, 0.05) is 44.1 Å². The first kappa shape index (κ1) is 19.5. The van der Waals surface area contributed by atoms with E-state index in [1.807, 2.05) is 18.2 Å². The Morgan fingerprint density at radius 1 is 1.12 bits per heavy atom. The van der Waals surface area contributed by atoms with Crippen molar-refractivity contribution in [2.75, 3.05) is 25.0 Å². The average molecular weight is 366 g/mol. The SMILES string of the molecule is NC(=NCCCNc1ccc(C(F)(F)F)cn1)NCCc1ccccn1. The Bertz CT molecular complexity index is 686. The molecule has 9 heteroatoms. The molecule has 4 N–H and O–H groups in total. The molecule has 0 aliphatic heterocycles. The van der Waals surface area contributed by atoms with Gasteiger partial charge in [0.15, 0.2) is 5.96 Å². The Morgan fingerprint density at radius 2 is 1.96 bits per heavy atom. The predicted molar refractivity (Wildman–Crippen MR) is 94.8 cm³/mol. The molecular weight excluding hydrogens is 345 g/mol. The molecule has 2 aromatic rings. The Hall–Kier alpha value is -2.84. The number of nitrogens with zero attached hydrogens (tertiary/aromatic N) is 3. The van der Waals surface area contributed by atoms with Crippen molar-refractivity contribution >= 4 is 11.8 Å². The maximum atomic E-state index is 12.4. The predicted octanol–water partition coefficient (Wildman–Crippen LogP) is 2.44. The van der Waals surface area contributed by atoms with E-state index in [9.17, 15) is 13.2 Å². The normalized spacial score (nSPS) is 12.0. The van der Waals surface area contributed by atoms with Crippen molar-refractivity contribution in [2.45, 2.75) is 19.0 Å². The lowest BCUT2D eigenvalue weighted by Gasteiger charge is -2.08. The molecule has 0 saturated carbocycles. The Labute approximate surface area is 149 Å². The zero-order valence-corrected chi connectivity index (χ0v) is 14.1. The highest BCUT2D eigenvalue weighted by Crippen LogP contribution is 2.28. The molecule has 0 aliphatic rings. The Kier molecular flexibility index (Phi) is 7.19. The van der Waals surface area contributed by atoms with Crippen molar-refractivity contribution < 1.29 is 13.2 Å². The van der Waals surface area contributed by atoms with Crippen LogP contribution in [0.1, 0.15) is 17.7 Å². The first-order valence-corrected chi connectivity index (χ1v) is 8.16. The fraction of sp³-hybridized carbons (Fsp3) is 0.353. The quantitative estimate of drug-likeness (QED) is 0.379. The van der Waals surface area contributed by atoms with Crippen LogP contribution in [-0.2, 0) is 12.6 Å². The lowest BCUT2D eigenvalue weighted by atomic mass is 10.3. The summed E-state index contributed by atoms with van der Waals surface area (Å²) < 4.78 is 37.3. The second kappa shape index (κ2) is 9.59. The summed E-state index contributed by atoms with van der Waals surface area (Å²) in [6, 6.07) is 8.03. The fourth-order valence-corrected chi connectivity index (χ4v) is 2.08. The minimum absolute atomic E-state index is 0.355. The highest BCUT2D eigenvalue weighted by atomic mass is 19.4. The number of alkyl halides is 3. The van der Waals surface area contributed by atoms with E-state index in [4.69, 9.17) is 5.73 Å². The standard InChI is InChI=1S/C17H21F3N6/c18-17(19,20)13-5-6-15(26-12-13)23-9-3-10-24-16(21)25-11-7-14-4-1-2-8-22-14/h1-2,4-6,8,12H,3,7,9-11H2,(H,23,26)(H3,21,24,25). The third-order valence-electron chi connectivity index (χ3n) is 3.43. The van der Waals surface area contributed by atoms with Crippen molar-refractivity contribution in [1.29, 1.82) is 0 Å². The summed E-state index contributed by atoms with van der Waals surface area (Å²) in [7, 11) is 0. The van der Waals surface area contributed by atoms with Gasteiger partial charge in [0.1, 0.15) is 5.82 Å². The molecule has 0 aliphatic carbocycles. The van der Waals surface area contributed by atoms with Crippen LogP contribution < -0.4 is 16.4 Å². The summed E-state index contributed by atoms with van der Waals surface area (Å²) in [6.07, 6.45) is -0.403. The summed E-state index contributed by atoms with van der Waals surface area (Å²) in [4.78, 5) is 12.1. The number of hydrogen-bond donors (Lipinski definition) is 3. The van der Waals surface area contributed by atoms with Crippen LogP contribution in [0.3, 0.4) is 0 Å². The summed E-state index contributed by atoms with van der Waals surface area (Å²) >= 11 is 0. The van der Waals surface area contributed by atoms with Gasteiger partial charge in [-0.1, -0.05) is 6.07 Å². The summed E-state index contributed by atoms with van der Waals surface area (Å²) in [5, 5.41) is 5.95. The van der Waals surface area contributed by atoms with Gasteiger partial charge in [-0.2, -0.15) is 13.2 Å². The smallest absolute Gasteiger partial charge is 0.370 e. The minimum atomic E-state index is -4.37. The molecule has 26 heavy (non-hydrogen) atoms. The van der Waals surface area contributed by atoms with Gasteiger partial charge in [-0.15, -0.1) is 0 Å². The zero-order chi connectivity index (χ0) is 18.8. The van der Waals surface area contributed by atoms with Gasteiger partial charge >= 0.3 is 6.18 Å². The number of halogens is 3. The first-order chi connectivity index (χ1) is 12.4. The van der Waals surface area contributed by atoms with Gasteiger partial charge < -0.3 is 16.4 Å². The van der Waals surface area contributed by atoms with Gasteiger partial charge in [-0.25, -0.2) is 4.98 Å². The van der Waals surface area contributed by atoms with Crippen LogP contribution in [-0.4, -0.2) is 35.6 Å². The first-order valence-electron chi connectivity index (χ1n) is 8.16. The van der Waals surface area contributed by atoms with Crippen molar-refractivity contribution in [3.8, 4) is 0 Å². The third-order valence-corrected chi connectivity index (χ3v) is 3.43. The number of pyridine rings is 2. The molecule has 2 rings (SSSR count). The van der Waals surface area contributed by atoms with Crippen LogP contribution in [0, 0.1) is 0 Å². The van der Waals surface area contributed by atoms with Crippen molar-refractivity contribution in [3.05, 3.63) is 54.0 Å². The molecular formula is C17H21F3N6. The van der Waals surface area contributed by atoms with Gasteiger partial charge in [-0.05, 0) is 30.7 Å². The van der Waals surface area contributed by atoms with E-state index in [-0.39, 0.29) is 0 Å². The molecule has 0 aromatic carbocycles. The minimum Gasteiger partial charge on any atom is -0.370 e. The maximum Gasteiger partial charge on any atom is 0.417 e. The van der Waals surface area contributed by atoms with Crippen LogP contribution in [0.4, 0.5) is 19.0 Å². The topological polar surface area (TPSA) is 88.2 Å². The zero-order valence-electron chi connectivity index (χ0n) is 14.1. The van der Waals surface area contributed by atoms with E-state index in [1.165, 1.54) is 6.07 Å². The van der Waals surface area contributed by atoms with E-state index in [1.54, 1.807) is 6.20 Å². The van der Waals surface area contributed by atoms with Crippen LogP contribution in [0.25, 0.3) is 0 Å². The number of anilines is 1. The van der Waals surface area contributed by atoms with Crippen LogP contribution in [0.15, 0.2) is 47.7 Å². The number of aliphatic imine (C=N–C) groups is 1. The van der Waals surface area contributed by atoms with E-state index < -0.39 is 11.7 Å². The Balaban J connectivity index is 1.61. The van der Waals surface area contributed by atoms with Crippen molar-refractivity contribution in [2.24, 2.45) is 10.7 Å². The van der Waals surface area contributed by atoms with Crippen LogP contribution in [0.2, 0.25) is 0 Å². The lowest BCUT2D eigenvalue weighted by molar-refractivity contribution is -0.137. The van der Waals surface area contributed by atoms with Gasteiger partial charge in [0.05, 0.1) is 5.56 Å². The second-order valence-electron chi connectivity index (χ2n) is 5.48. The van der Waals surface area contributed by atoms with E-state index in [0.717, 1.165) is 24.4 Å². The molecule has 0 unspecified atom stereocenters. The lowest BCUT2D eigenvalue weighted by Crippen LogP contribution is -2.33. The monoisotopic (exact) mass is 366 g/mol. The average Bonchev–Trinajstić information content (AvgIpc) is 2.62. The number of nitrogens with two attached hydrogens (primary N) is 1. The molecule has 0 bridgehead atoms. The largest absolute Gasteiger partial charge is 0.417 e. The molecule has 140 valence electrons. The van der Waals surface area contributed by atoms with E-state index in [2.05, 4.69) is 25.6 Å². The number of guanidine groups is 1. The van der Waals surface area contributed by atoms with Crippen LogP contribution >= 0.6 is 0 Å². The van der Waals surface area contributed by atoms with Gasteiger partial charge in [-0.3, -0.25) is 9.98 Å². The molecule has 2 heterocycles. The Morgan fingerprint density at radius 3 is 2.62 bits per heavy atom. The molecule has 0 amide bonds. The molecule has 0 atom stereocenters. The third kappa shape index (κ3) is 6.96. The number of nitrogens with one attached hydrogen (secondary N) is 2. The molecule has 0 spiro atoms. The van der Waals surface area contributed by atoms with E-state index in [0.29, 0.717) is 37.8 Å². The van der Waals surface area contributed by atoms with Gasteiger partial charge in [0.25, 0.3) is 0 Å². The summed E-state index contributed by atoms with van der Waals surface area (Å²) in [5.41, 5.74) is 5.97. The fourth-order valence-electron chi connectivity index (χ4n) is 2.08. The molecule has 6 nitrogen and oxygen atoms in total. The highest BCUT2D eigenvalue weighted by Gasteiger charge is 2.30.